The second-order valence-corrected chi connectivity index (χ2v) is 2.59. The van der Waals surface area contributed by atoms with E-state index in [9.17, 15) is 4.39 Å². The smallest absolute Gasteiger partial charge is 0.125 e. The minimum absolute atomic E-state index is 0.326. The van der Waals surface area contributed by atoms with Gasteiger partial charge in [0.1, 0.15) is 5.82 Å². The fraction of sp³-hybridized carbons (Fsp3) is 0. The van der Waals surface area contributed by atoms with Crippen LogP contribution in [0.1, 0.15) is 0 Å². The fourth-order valence-electron chi connectivity index (χ4n) is 1.20. The van der Waals surface area contributed by atoms with E-state index in [1.54, 1.807) is 18.5 Å². The highest BCUT2D eigenvalue weighted by Gasteiger charge is 1.99. The Labute approximate surface area is 68.8 Å². The zero-order chi connectivity index (χ0) is 8.55. The van der Waals surface area contributed by atoms with Crippen LogP contribution in [-0.2, 0) is 0 Å². The van der Waals surface area contributed by atoms with Gasteiger partial charge in [-0.1, -0.05) is 0 Å². The molecule has 0 unspecified atom stereocenters. The van der Waals surface area contributed by atoms with Crippen LogP contribution in [-0.4, -0.2) is 4.98 Å². The van der Waals surface area contributed by atoms with Crippen molar-refractivity contribution < 1.29 is 4.39 Å². The lowest BCUT2D eigenvalue weighted by molar-refractivity contribution is 0.630. The highest BCUT2D eigenvalue weighted by atomic mass is 19.1. The van der Waals surface area contributed by atoms with E-state index in [2.05, 4.69) is 4.98 Å². The van der Waals surface area contributed by atoms with E-state index in [1.165, 1.54) is 12.1 Å². The van der Waals surface area contributed by atoms with Gasteiger partial charge in [0, 0.05) is 28.9 Å². The molecule has 2 rings (SSSR count). The van der Waals surface area contributed by atoms with Crippen molar-refractivity contribution in [2.24, 2.45) is 0 Å². The minimum Gasteiger partial charge on any atom is -0.398 e. The number of aromatic nitrogens is 1. The van der Waals surface area contributed by atoms with Crippen molar-refractivity contribution in [3.8, 4) is 0 Å². The first kappa shape index (κ1) is 7.03. The third-order valence-electron chi connectivity index (χ3n) is 1.75. The Morgan fingerprint density at radius 2 is 2.17 bits per heavy atom. The number of halogens is 1. The quantitative estimate of drug-likeness (QED) is 0.601. The maximum Gasteiger partial charge on any atom is 0.125 e. The van der Waals surface area contributed by atoms with E-state index in [-0.39, 0.29) is 5.82 Å². The summed E-state index contributed by atoms with van der Waals surface area (Å²) in [7, 11) is 0. The Balaban J connectivity index is 2.89. The number of pyridine rings is 1. The van der Waals surface area contributed by atoms with Crippen molar-refractivity contribution >= 4 is 16.5 Å². The normalized spacial score (nSPS) is 10.4. The lowest BCUT2D eigenvalue weighted by atomic mass is 10.1. The van der Waals surface area contributed by atoms with Crippen LogP contribution < -0.4 is 5.73 Å². The number of nitrogen functional groups attached to an aromatic ring is 1. The second-order valence-electron chi connectivity index (χ2n) is 2.59. The average Bonchev–Trinajstić information content (AvgIpc) is 2.04. The van der Waals surface area contributed by atoms with Crippen LogP contribution in [0.3, 0.4) is 0 Å². The molecular formula is C9H7FN2. The molecule has 0 saturated carbocycles. The lowest BCUT2D eigenvalue weighted by Gasteiger charge is -2.00. The Bertz CT molecular complexity index is 426. The Kier molecular flexibility index (Phi) is 1.43. The molecule has 0 spiro atoms. The largest absolute Gasteiger partial charge is 0.398 e. The third-order valence-corrected chi connectivity index (χ3v) is 1.75. The molecule has 1 aromatic heterocycles. The summed E-state index contributed by atoms with van der Waals surface area (Å²) in [5, 5.41) is 1.57. The molecule has 0 saturated heterocycles. The van der Waals surface area contributed by atoms with Crippen LogP contribution in [0.15, 0.2) is 30.6 Å². The maximum absolute atomic E-state index is 12.8. The molecule has 60 valence electrons. The van der Waals surface area contributed by atoms with E-state index in [4.69, 9.17) is 5.73 Å². The number of hydrogen-bond acceptors (Lipinski definition) is 2. The summed E-state index contributed by atoms with van der Waals surface area (Å²) in [5.74, 6) is -0.326. The molecule has 2 N–H and O–H groups in total. The number of rotatable bonds is 0. The standard InChI is InChI=1S/C9H7FN2/c10-7-3-6-5-12-2-1-8(6)9(11)4-7/h1-5H,11H2. The molecule has 0 amide bonds. The second kappa shape index (κ2) is 2.44. The molecule has 0 aliphatic rings. The predicted octanol–water partition coefficient (Wildman–Crippen LogP) is 1.96. The van der Waals surface area contributed by atoms with Crippen molar-refractivity contribution in [2.45, 2.75) is 0 Å². The molecule has 1 heterocycles. The highest BCUT2D eigenvalue weighted by Crippen LogP contribution is 2.20. The molecule has 12 heavy (non-hydrogen) atoms. The lowest BCUT2D eigenvalue weighted by Crippen LogP contribution is -1.88. The van der Waals surface area contributed by atoms with Crippen molar-refractivity contribution in [1.82, 2.24) is 4.98 Å². The fourth-order valence-corrected chi connectivity index (χ4v) is 1.20. The van der Waals surface area contributed by atoms with Crippen LogP contribution in [0, 0.1) is 5.82 Å². The van der Waals surface area contributed by atoms with Crippen LogP contribution in [0.5, 0.6) is 0 Å². The van der Waals surface area contributed by atoms with Crippen LogP contribution in [0.4, 0.5) is 10.1 Å². The number of anilines is 1. The summed E-state index contributed by atoms with van der Waals surface area (Å²) in [6.07, 6.45) is 3.23. The SMILES string of the molecule is Nc1cc(F)cc2cnccc12. The van der Waals surface area contributed by atoms with E-state index in [0.717, 1.165) is 10.8 Å². The molecule has 0 aliphatic carbocycles. The summed E-state index contributed by atoms with van der Waals surface area (Å²) >= 11 is 0. The van der Waals surface area contributed by atoms with E-state index in [1.807, 2.05) is 0 Å². The molecule has 2 aromatic rings. The van der Waals surface area contributed by atoms with Gasteiger partial charge in [0.25, 0.3) is 0 Å². The number of nitrogens with two attached hydrogens (primary N) is 1. The van der Waals surface area contributed by atoms with Gasteiger partial charge in [-0.3, -0.25) is 4.98 Å². The Morgan fingerprint density at radius 3 is 3.00 bits per heavy atom. The molecular weight excluding hydrogens is 155 g/mol. The predicted molar refractivity (Wildman–Crippen MR) is 46.1 cm³/mol. The molecule has 0 atom stereocenters. The van der Waals surface area contributed by atoms with Gasteiger partial charge in [0.05, 0.1) is 0 Å². The number of fused-ring (bicyclic) bond motifs is 1. The number of hydrogen-bond donors (Lipinski definition) is 1. The summed E-state index contributed by atoms with van der Waals surface area (Å²) in [5.41, 5.74) is 6.04. The molecule has 0 bridgehead atoms. The van der Waals surface area contributed by atoms with Crippen molar-refractivity contribution in [3.05, 3.63) is 36.4 Å². The first-order chi connectivity index (χ1) is 5.77. The molecule has 1 aromatic carbocycles. The molecule has 0 radical (unpaired) electrons. The topological polar surface area (TPSA) is 38.9 Å². The van der Waals surface area contributed by atoms with Gasteiger partial charge in [-0.05, 0) is 18.2 Å². The van der Waals surface area contributed by atoms with Crippen molar-refractivity contribution in [3.63, 3.8) is 0 Å². The molecule has 0 fully saturated rings. The first-order valence-electron chi connectivity index (χ1n) is 3.56. The van der Waals surface area contributed by atoms with E-state index < -0.39 is 0 Å². The van der Waals surface area contributed by atoms with Gasteiger partial charge in [0.15, 0.2) is 0 Å². The van der Waals surface area contributed by atoms with Crippen molar-refractivity contribution in [2.75, 3.05) is 5.73 Å². The Hall–Kier alpha value is -1.64. The zero-order valence-electron chi connectivity index (χ0n) is 6.29. The van der Waals surface area contributed by atoms with Gasteiger partial charge in [-0.15, -0.1) is 0 Å². The van der Waals surface area contributed by atoms with Gasteiger partial charge < -0.3 is 5.73 Å². The van der Waals surface area contributed by atoms with Gasteiger partial charge in [-0.25, -0.2) is 4.39 Å². The van der Waals surface area contributed by atoms with E-state index in [0.29, 0.717) is 5.69 Å². The minimum atomic E-state index is -0.326. The molecule has 3 heteroatoms. The van der Waals surface area contributed by atoms with Gasteiger partial charge in [0.2, 0.25) is 0 Å². The van der Waals surface area contributed by atoms with E-state index >= 15 is 0 Å². The maximum atomic E-state index is 12.8. The zero-order valence-corrected chi connectivity index (χ0v) is 6.29. The highest BCUT2D eigenvalue weighted by molar-refractivity contribution is 5.92. The number of benzene rings is 1. The Morgan fingerprint density at radius 1 is 1.33 bits per heavy atom. The summed E-state index contributed by atoms with van der Waals surface area (Å²) in [4.78, 5) is 3.87. The van der Waals surface area contributed by atoms with Gasteiger partial charge in [-0.2, -0.15) is 0 Å². The third kappa shape index (κ3) is 0.993. The monoisotopic (exact) mass is 162 g/mol. The molecule has 2 nitrogen and oxygen atoms in total. The van der Waals surface area contributed by atoms with Crippen LogP contribution >= 0.6 is 0 Å². The summed E-state index contributed by atoms with van der Waals surface area (Å²) in [6, 6.07) is 4.49. The van der Waals surface area contributed by atoms with Crippen LogP contribution in [0.25, 0.3) is 10.8 Å². The summed E-state index contributed by atoms with van der Waals surface area (Å²) < 4.78 is 12.8. The van der Waals surface area contributed by atoms with Crippen LogP contribution in [0.2, 0.25) is 0 Å². The van der Waals surface area contributed by atoms with Gasteiger partial charge >= 0.3 is 0 Å². The van der Waals surface area contributed by atoms with Crippen molar-refractivity contribution in [1.29, 1.82) is 0 Å². The summed E-state index contributed by atoms with van der Waals surface area (Å²) in [6.45, 7) is 0. The average molecular weight is 162 g/mol. The number of nitrogens with zero attached hydrogens (tertiary/aromatic N) is 1. The first-order valence-corrected chi connectivity index (χ1v) is 3.56. The molecule has 0 aliphatic heterocycles.